The summed E-state index contributed by atoms with van der Waals surface area (Å²) in [5.74, 6) is 4.29. The average Bonchev–Trinajstić information content (AvgIpc) is 2.49. The van der Waals surface area contributed by atoms with E-state index < -0.39 is 5.91 Å². The molecular formula is C14H14N4O2. The van der Waals surface area contributed by atoms with Crippen molar-refractivity contribution in [2.75, 3.05) is 11.1 Å². The first-order valence-corrected chi connectivity index (χ1v) is 5.88. The number of nitrogens with one attached hydrogen (secondary N) is 2. The number of amides is 2. The highest BCUT2D eigenvalue weighted by Crippen LogP contribution is 2.18. The van der Waals surface area contributed by atoms with Gasteiger partial charge in [-0.25, -0.2) is 5.84 Å². The van der Waals surface area contributed by atoms with Gasteiger partial charge in [0.15, 0.2) is 0 Å². The Morgan fingerprint density at radius 1 is 0.950 bits per heavy atom. The summed E-state index contributed by atoms with van der Waals surface area (Å²) < 4.78 is 0. The molecule has 0 aromatic heterocycles. The number of nitrogen functional groups attached to an aromatic ring is 2. The molecule has 0 spiro atoms. The van der Waals surface area contributed by atoms with Gasteiger partial charge < -0.3 is 11.1 Å². The molecule has 0 aliphatic rings. The fraction of sp³-hybridized carbons (Fsp3) is 0. The van der Waals surface area contributed by atoms with Gasteiger partial charge in [-0.15, -0.1) is 0 Å². The summed E-state index contributed by atoms with van der Waals surface area (Å²) in [6.45, 7) is 0. The van der Waals surface area contributed by atoms with Crippen molar-refractivity contribution < 1.29 is 9.59 Å². The van der Waals surface area contributed by atoms with Crippen molar-refractivity contribution in [3.05, 3.63) is 59.7 Å². The first kappa shape index (κ1) is 13.6. The predicted molar refractivity (Wildman–Crippen MR) is 76.9 cm³/mol. The Kier molecular flexibility index (Phi) is 3.97. The molecule has 0 aliphatic heterocycles. The first-order chi connectivity index (χ1) is 9.61. The van der Waals surface area contributed by atoms with Crippen LogP contribution >= 0.6 is 0 Å². The van der Waals surface area contributed by atoms with E-state index in [1.165, 1.54) is 12.1 Å². The third-order valence-corrected chi connectivity index (χ3v) is 2.72. The van der Waals surface area contributed by atoms with Crippen LogP contribution in [-0.4, -0.2) is 11.8 Å². The highest BCUT2D eigenvalue weighted by Gasteiger charge is 2.11. The van der Waals surface area contributed by atoms with Gasteiger partial charge in [0.2, 0.25) is 0 Å². The number of carbonyl (C=O) groups excluding carboxylic acids is 2. The number of hydrogen-bond donors (Lipinski definition) is 4. The second kappa shape index (κ2) is 5.85. The third-order valence-electron chi connectivity index (χ3n) is 2.72. The Hall–Kier alpha value is -2.86. The van der Waals surface area contributed by atoms with Crippen LogP contribution < -0.4 is 22.3 Å². The summed E-state index contributed by atoms with van der Waals surface area (Å²) >= 11 is 0. The van der Waals surface area contributed by atoms with E-state index in [4.69, 9.17) is 11.6 Å². The minimum atomic E-state index is -0.515. The van der Waals surface area contributed by atoms with Crippen molar-refractivity contribution in [2.45, 2.75) is 0 Å². The van der Waals surface area contributed by atoms with Crippen LogP contribution in [-0.2, 0) is 0 Å². The molecule has 0 saturated heterocycles. The quantitative estimate of drug-likeness (QED) is 0.290. The molecule has 2 rings (SSSR count). The zero-order valence-corrected chi connectivity index (χ0v) is 10.6. The topological polar surface area (TPSA) is 110 Å². The maximum atomic E-state index is 12.0. The molecular weight excluding hydrogens is 256 g/mol. The standard InChI is InChI=1S/C14H14N4O2/c15-12-7-6-10(8-11(12)14(20)18-16)17-13(19)9-4-2-1-3-5-9/h1-8H,15-16H2,(H,17,19)(H,18,20). The molecule has 0 fully saturated rings. The molecule has 0 saturated carbocycles. The normalized spacial score (nSPS) is 9.85. The van der Waals surface area contributed by atoms with Crippen molar-refractivity contribution in [1.29, 1.82) is 0 Å². The lowest BCUT2D eigenvalue weighted by molar-refractivity contribution is 0.0953. The Morgan fingerprint density at radius 2 is 1.65 bits per heavy atom. The van der Waals surface area contributed by atoms with Gasteiger partial charge in [-0.05, 0) is 30.3 Å². The van der Waals surface area contributed by atoms with Crippen LogP contribution in [0.4, 0.5) is 11.4 Å². The number of nitrogens with two attached hydrogens (primary N) is 2. The Labute approximate surface area is 115 Å². The zero-order chi connectivity index (χ0) is 14.5. The van der Waals surface area contributed by atoms with Gasteiger partial charge in [0.05, 0.1) is 5.56 Å². The molecule has 0 aliphatic carbocycles. The minimum absolute atomic E-state index is 0.207. The maximum Gasteiger partial charge on any atom is 0.267 e. The number of hydrogen-bond acceptors (Lipinski definition) is 4. The van der Waals surface area contributed by atoms with E-state index in [0.717, 1.165) is 0 Å². The van der Waals surface area contributed by atoms with Gasteiger partial charge >= 0.3 is 0 Å². The lowest BCUT2D eigenvalue weighted by Crippen LogP contribution is -2.30. The van der Waals surface area contributed by atoms with Crippen molar-refractivity contribution >= 4 is 23.2 Å². The molecule has 2 aromatic carbocycles. The lowest BCUT2D eigenvalue weighted by Gasteiger charge is -2.09. The molecule has 2 aromatic rings. The summed E-state index contributed by atoms with van der Waals surface area (Å²) in [7, 11) is 0. The number of carbonyl (C=O) groups is 2. The van der Waals surface area contributed by atoms with Crippen LogP contribution in [0.15, 0.2) is 48.5 Å². The molecule has 0 bridgehead atoms. The highest BCUT2D eigenvalue weighted by molar-refractivity contribution is 6.06. The van der Waals surface area contributed by atoms with Gasteiger partial charge in [0, 0.05) is 16.9 Å². The van der Waals surface area contributed by atoms with E-state index in [-0.39, 0.29) is 17.2 Å². The van der Waals surface area contributed by atoms with Crippen molar-refractivity contribution in [1.82, 2.24) is 5.43 Å². The summed E-state index contributed by atoms with van der Waals surface area (Å²) in [4.78, 5) is 23.5. The van der Waals surface area contributed by atoms with E-state index >= 15 is 0 Å². The first-order valence-electron chi connectivity index (χ1n) is 5.88. The van der Waals surface area contributed by atoms with Gasteiger partial charge in [-0.3, -0.25) is 15.0 Å². The number of rotatable bonds is 3. The molecule has 6 heteroatoms. The minimum Gasteiger partial charge on any atom is -0.398 e. The molecule has 20 heavy (non-hydrogen) atoms. The summed E-state index contributed by atoms with van der Waals surface area (Å²) in [5, 5.41) is 2.69. The fourth-order valence-electron chi connectivity index (χ4n) is 1.70. The van der Waals surface area contributed by atoms with Crippen LogP contribution in [0.3, 0.4) is 0 Å². The van der Waals surface area contributed by atoms with E-state index in [1.54, 1.807) is 30.3 Å². The molecule has 0 radical (unpaired) electrons. The van der Waals surface area contributed by atoms with E-state index in [2.05, 4.69) is 5.32 Å². The monoisotopic (exact) mass is 270 g/mol. The maximum absolute atomic E-state index is 12.0. The molecule has 0 atom stereocenters. The van der Waals surface area contributed by atoms with E-state index in [1.807, 2.05) is 11.5 Å². The smallest absolute Gasteiger partial charge is 0.267 e. The largest absolute Gasteiger partial charge is 0.398 e. The summed E-state index contributed by atoms with van der Waals surface area (Å²) in [6.07, 6.45) is 0. The second-order valence-electron chi connectivity index (χ2n) is 4.10. The number of benzene rings is 2. The molecule has 102 valence electrons. The second-order valence-corrected chi connectivity index (χ2v) is 4.10. The van der Waals surface area contributed by atoms with Crippen LogP contribution in [0, 0.1) is 0 Å². The molecule has 2 amide bonds. The Balaban J connectivity index is 2.22. The molecule has 0 unspecified atom stereocenters. The zero-order valence-electron chi connectivity index (χ0n) is 10.6. The van der Waals surface area contributed by atoms with Gasteiger partial charge in [-0.1, -0.05) is 18.2 Å². The SMILES string of the molecule is NNC(=O)c1cc(NC(=O)c2ccccc2)ccc1N. The van der Waals surface area contributed by atoms with E-state index in [0.29, 0.717) is 11.3 Å². The van der Waals surface area contributed by atoms with E-state index in [9.17, 15) is 9.59 Å². The van der Waals surface area contributed by atoms with Crippen LogP contribution in [0.1, 0.15) is 20.7 Å². The third kappa shape index (κ3) is 2.93. The highest BCUT2D eigenvalue weighted by atomic mass is 16.2. The van der Waals surface area contributed by atoms with Crippen LogP contribution in [0.2, 0.25) is 0 Å². The van der Waals surface area contributed by atoms with Crippen molar-refractivity contribution in [3.8, 4) is 0 Å². The van der Waals surface area contributed by atoms with Crippen molar-refractivity contribution in [3.63, 3.8) is 0 Å². The Bertz CT molecular complexity index is 641. The summed E-state index contributed by atoms with van der Waals surface area (Å²) in [6, 6.07) is 13.4. The van der Waals surface area contributed by atoms with Gasteiger partial charge in [0.25, 0.3) is 11.8 Å². The summed E-state index contributed by atoms with van der Waals surface area (Å²) in [5.41, 5.74) is 9.16. The fourth-order valence-corrected chi connectivity index (χ4v) is 1.70. The number of anilines is 2. The van der Waals surface area contributed by atoms with Crippen molar-refractivity contribution in [2.24, 2.45) is 5.84 Å². The molecule has 6 N–H and O–H groups in total. The van der Waals surface area contributed by atoms with Crippen LogP contribution in [0.5, 0.6) is 0 Å². The molecule has 0 heterocycles. The Morgan fingerprint density at radius 3 is 2.30 bits per heavy atom. The predicted octanol–water partition coefficient (Wildman–Crippen LogP) is 1.12. The van der Waals surface area contributed by atoms with Gasteiger partial charge in [0.1, 0.15) is 0 Å². The number of hydrazine groups is 1. The lowest BCUT2D eigenvalue weighted by atomic mass is 10.1. The van der Waals surface area contributed by atoms with Gasteiger partial charge in [-0.2, -0.15) is 0 Å². The van der Waals surface area contributed by atoms with Crippen LogP contribution in [0.25, 0.3) is 0 Å². The molecule has 6 nitrogen and oxygen atoms in total. The average molecular weight is 270 g/mol.